The Morgan fingerprint density at radius 2 is 2.40 bits per heavy atom. The molecule has 0 spiro atoms. The number of aliphatic hydroxyl groups excluding tert-OH is 1. The molecule has 1 atom stereocenters. The first-order valence-corrected chi connectivity index (χ1v) is 4.23. The monoisotopic (exact) mass is 219 g/mol. The van der Waals surface area contributed by atoms with Crippen molar-refractivity contribution in [3.8, 4) is 0 Å². The van der Waals surface area contributed by atoms with Crippen molar-refractivity contribution < 1.29 is 18.7 Å². The number of aromatic nitrogens is 2. The Kier molecular flexibility index (Phi) is 3.73. The minimum Gasteiger partial charge on any atom is -0.385 e. The number of alkyl halides is 2. The molecule has 1 rings (SSSR count). The van der Waals surface area contributed by atoms with Crippen molar-refractivity contribution in [1.82, 2.24) is 15.1 Å². The number of nitrogens with zero attached hydrogens (tertiary/aromatic N) is 2. The van der Waals surface area contributed by atoms with Gasteiger partial charge in [-0.25, -0.2) is 8.78 Å². The number of aryl methyl sites for hydroxylation is 1. The molecule has 0 saturated carbocycles. The second kappa shape index (κ2) is 4.83. The first kappa shape index (κ1) is 11.6. The summed E-state index contributed by atoms with van der Waals surface area (Å²) in [7, 11) is 1.63. The Morgan fingerprint density at radius 3 is 2.87 bits per heavy atom. The number of carbonyl (C=O) groups excluding carboxylic acids is 1. The van der Waals surface area contributed by atoms with Crippen molar-refractivity contribution in [2.24, 2.45) is 7.05 Å². The SMILES string of the molecule is Cn1cc(C(=O)NCC(O)C(F)F)cn1. The van der Waals surface area contributed by atoms with Crippen molar-refractivity contribution in [2.45, 2.75) is 12.5 Å². The fourth-order valence-electron chi connectivity index (χ4n) is 0.927. The molecule has 1 heterocycles. The Morgan fingerprint density at radius 1 is 1.73 bits per heavy atom. The standard InChI is InChI=1S/C8H11F2N3O2/c1-13-4-5(2-12-13)8(15)11-3-6(14)7(9)10/h2,4,6-7,14H,3H2,1H3,(H,11,15). The third kappa shape index (κ3) is 3.28. The van der Waals surface area contributed by atoms with Gasteiger partial charge >= 0.3 is 0 Å². The van der Waals surface area contributed by atoms with E-state index in [1.165, 1.54) is 17.1 Å². The van der Waals surface area contributed by atoms with E-state index >= 15 is 0 Å². The van der Waals surface area contributed by atoms with Crippen LogP contribution >= 0.6 is 0 Å². The zero-order valence-electron chi connectivity index (χ0n) is 8.02. The largest absolute Gasteiger partial charge is 0.385 e. The lowest BCUT2D eigenvalue weighted by Gasteiger charge is -2.09. The molecule has 7 heteroatoms. The van der Waals surface area contributed by atoms with Crippen LogP contribution in [0.3, 0.4) is 0 Å². The summed E-state index contributed by atoms with van der Waals surface area (Å²) in [6.45, 7) is -0.481. The maximum atomic E-state index is 11.9. The summed E-state index contributed by atoms with van der Waals surface area (Å²) in [5.74, 6) is -0.539. The number of amides is 1. The lowest BCUT2D eigenvalue weighted by atomic mass is 10.3. The average molecular weight is 219 g/mol. The van der Waals surface area contributed by atoms with Gasteiger partial charge in [-0.1, -0.05) is 0 Å². The molecule has 1 unspecified atom stereocenters. The van der Waals surface area contributed by atoms with Crippen LogP contribution in [0.4, 0.5) is 8.78 Å². The predicted molar refractivity (Wildman–Crippen MR) is 47.6 cm³/mol. The molecule has 1 aromatic rings. The highest BCUT2D eigenvalue weighted by molar-refractivity contribution is 5.93. The molecule has 2 N–H and O–H groups in total. The van der Waals surface area contributed by atoms with Gasteiger partial charge in [0.2, 0.25) is 0 Å². The van der Waals surface area contributed by atoms with Gasteiger partial charge in [0.1, 0.15) is 6.10 Å². The van der Waals surface area contributed by atoms with Gasteiger partial charge < -0.3 is 10.4 Å². The summed E-state index contributed by atoms with van der Waals surface area (Å²) in [6, 6.07) is 0. The summed E-state index contributed by atoms with van der Waals surface area (Å²) in [5.41, 5.74) is 0.263. The molecule has 0 radical (unpaired) electrons. The molecule has 1 aromatic heterocycles. The first-order chi connectivity index (χ1) is 7.00. The number of rotatable bonds is 4. The highest BCUT2D eigenvalue weighted by Crippen LogP contribution is 2.00. The Hall–Kier alpha value is -1.50. The number of nitrogens with one attached hydrogen (secondary N) is 1. The molecular weight excluding hydrogens is 208 g/mol. The summed E-state index contributed by atoms with van der Waals surface area (Å²) in [5, 5.41) is 14.7. The lowest BCUT2D eigenvalue weighted by molar-refractivity contribution is -0.00270. The maximum Gasteiger partial charge on any atom is 0.265 e. The molecule has 0 aliphatic heterocycles. The molecule has 0 aliphatic rings. The average Bonchev–Trinajstić information content (AvgIpc) is 2.60. The quantitative estimate of drug-likeness (QED) is 0.735. The highest BCUT2D eigenvalue weighted by atomic mass is 19.3. The van der Waals surface area contributed by atoms with E-state index in [9.17, 15) is 13.6 Å². The third-order valence-corrected chi connectivity index (χ3v) is 1.73. The van der Waals surface area contributed by atoms with E-state index < -0.39 is 25.0 Å². The molecule has 0 saturated heterocycles. The summed E-state index contributed by atoms with van der Waals surface area (Å²) in [4.78, 5) is 11.3. The van der Waals surface area contributed by atoms with Gasteiger partial charge in [0.05, 0.1) is 11.8 Å². The van der Waals surface area contributed by atoms with E-state index in [1.54, 1.807) is 7.05 Å². The fourth-order valence-corrected chi connectivity index (χ4v) is 0.927. The Bertz CT molecular complexity index is 340. The minimum absolute atomic E-state index is 0.263. The molecule has 0 bridgehead atoms. The van der Waals surface area contributed by atoms with E-state index in [4.69, 9.17) is 5.11 Å². The van der Waals surface area contributed by atoms with Crippen molar-refractivity contribution in [3.63, 3.8) is 0 Å². The van der Waals surface area contributed by atoms with Crippen LogP contribution in [0.15, 0.2) is 12.4 Å². The van der Waals surface area contributed by atoms with Crippen molar-refractivity contribution >= 4 is 5.91 Å². The Balaban J connectivity index is 2.43. The van der Waals surface area contributed by atoms with Gasteiger partial charge in [0.15, 0.2) is 0 Å². The summed E-state index contributed by atoms with van der Waals surface area (Å²) < 4.78 is 25.2. The van der Waals surface area contributed by atoms with E-state index in [1.807, 2.05) is 0 Å². The van der Waals surface area contributed by atoms with Gasteiger partial charge in [0, 0.05) is 19.8 Å². The molecule has 84 valence electrons. The Labute approximate surface area is 84.7 Å². The highest BCUT2D eigenvalue weighted by Gasteiger charge is 2.18. The van der Waals surface area contributed by atoms with Crippen LogP contribution < -0.4 is 5.32 Å². The molecule has 0 aliphatic carbocycles. The van der Waals surface area contributed by atoms with Crippen molar-refractivity contribution in [1.29, 1.82) is 0 Å². The van der Waals surface area contributed by atoms with Crippen LogP contribution in [0.1, 0.15) is 10.4 Å². The van der Waals surface area contributed by atoms with E-state index in [-0.39, 0.29) is 5.56 Å². The smallest absolute Gasteiger partial charge is 0.265 e. The molecule has 0 aromatic carbocycles. The van der Waals surface area contributed by atoms with E-state index in [2.05, 4.69) is 10.4 Å². The van der Waals surface area contributed by atoms with Gasteiger partial charge in [-0.05, 0) is 0 Å². The summed E-state index contributed by atoms with van der Waals surface area (Å²) >= 11 is 0. The topological polar surface area (TPSA) is 67.2 Å². The fraction of sp³-hybridized carbons (Fsp3) is 0.500. The minimum atomic E-state index is -2.86. The number of carbonyl (C=O) groups is 1. The van der Waals surface area contributed by atoms with Gasteiger partial charge in [-0.2, -0.15) is 5.10 Å². The predicted octanol–water partition coefficient (Wildman–Crippen LogP) is -0.224. The van der Waals surface area contributed by atoms with E-state index in [0.717, 1.165) is 0 Å². The van der Waals surface area contributed by atoms with Gasteiger partial charge in [-0.15, -0.1) is 0 Å². The second-order valence-corrected chi connectivity index (χ2v) is 3.01. The van der Waals surface area contributed by atoms with Crippen LogP contribution in [-0.2, 0) is 7.05 Å². The van der Waals surface area contributed by atoms with Crippen LogP contribution in [0.2, 0.25) is 0 Å². The molecule has 15 heavy (non-hydrogen) atoms. The first-order valence-electron chi connectivity index (χ1n) is 4.23. The maximum absolute atomic E-state index is 11.9. The molecule has 5 nitrogen and oxygen atoms in total. The number of halogens is 2. The molecular formula is C8H11F2N3O2. The van der Waals surface area contributed by atoms with Crippen molar-refractivity contribution in [2.75, 3.05) is 6.54 Å². The van der Waals surface area contributed by atoms with E-state index in [0.29, 0.717) is 0 Å². The van der Waals surface area contributed by atoms with Gasteiger partial charge in [-0.3, -0.25) is 9.48 Å². The van der Waals surface area contributed by atoms with Crippen LogP contribution in [0, 0.1) is 0 Å². The number of aliphatic hydroxyl groups is 1. The molecule has 0 fully saturated rings. The lowest BCUT2D eigenvalue weighted by Crippen LogP contribution is -2.35. The van der Waals surface area contributed by atoms with Crippen LogP contribution in [0.5, 0.6) is 0 Å². The van der Waals surface area contributed by atoms with Crippen molar-refractivity contribution in [3.05, 3.63) is 18.0 Å². The zero-order valence-corrected chi connectivity index (χ0v) is 8.02. The van der Waals surface area contributed by atoms with Crippen LogP contribution in [-0.4, -0.2) is 39.9 Å². The van der Waals surface area contributed by atoms with Crippen LogP contribution in [0.25, 0.3) is 0 Å². The molecule has 1 amide bonds. The third-order valence-electron chi connectivity index (χ3n) is 1.73. The zero-order chi connectivity index (χ0) is 11.4. The normalized spacial score (nSPS) is 12.9. The van der Waals surface area contributed by atoms with Gasteiger partial charge in [0.25, 0.3) is 12.3 Å². The second-order valence-electron chi connectivity index (χ2n) is 3.01. The number of hydrogen-bond donors (Lipinski definition) is 2. The summed E-state index contributed by atoms with van der Waals surface area (Å²) in [6.07, 6.45) is -1.95. The number of hydrogen-bond acceptors (Lipinski definition) is 3.